The highest BCUT2D eigenvalue weighted by Gasteiger charge is 2.49. The molecule has 4 aromatic heterocycles. The summed E-state index contributed by atoms with van der Waals surface area (Å²) in [4.78, 5) is 22.4. The zero-order chi connectivity index (χ0) is 33.2. The van der Waals surface area contributed by atoms with Crippen LogP contribution in [0.15, 0.2) is 49.2 Å². The van der Waals surface area contributed by atoms with Crippen molar-refractivity contribution >= 4 is 66.0 Å². The number of halogens is 3. The molecule has 1 aliphatic carbocycles. The molecule has 1 aliphatic rings. The summed E-state index contributed by atoms with van der Waals surface area (Å²) in [5.74, 6) is 1.51. The van der Waals surface area contributed by atoms with Gasteiger partial charge in [-0.1, -0.05) is 34.5 Å². The van der Waals surface area contributed by atoms with Crippen LogP contribution < -0.4 is 4.74 Å². The predicted octanol–water partition coefficient (Wildman–Crippen LogP) is -1.67. The molecule has 1 fully saturated rings. The molecular formula is C27H32B7F3N8O. The van der Waals surface area contributed by atoms with Crippen LogP contribution in [-0.4, -0.2) is 101 Å². The second kappa shape index (κ2) is 11.1. The minimum Gasteiger partial charge on any atom is -0.480 e. The molecule has 0 bridgehead atoms. The lowest BCUT2D eigenvalue weighted by atomic mass is 9.18. The van der Waals surface area contributed by atoms with Crippen LogP contribution in [0.1, 0.15) is 35.7 Å². The summed E-state index contributed by atoms with van der Waals surface area (Å²) in [5, 5.41) is 4.56. The van der Waals surface area contributed by atoms with E-state index in [0.717, 1.165) is 35.7 Å². The van der Waals surface area contributed by atoms with E-state index in [1.54, 1.807) is 28.8 Å². The minimum absolute atomic E-state index is 0.277. The van der Waals surface area contributed by atoms with Gasteiger partial charge in [0.25, 0.3) is 0 Å². The second-order valence-electron chi connectivity index (χ2n) is 14.3. The maximum absolute atomic E-state index is 14.0. The summed E-state index contributed by atoms with van der Waals surface area (Å²) in [6, 6.07) is 7.42. The van der Waals surface area contributed by atoms with Gasteiger partial charge < -0.3 is 9.30 Å². The molecule has 6 rings (SSSR count). The Labute approximate surface area is 271 Å². The lowest BCUT2D eigenvalue weighted by molar-refractivity contribution is -0.140. The fraction of sp³-hybridized carbons (Fsp3) is 0.333. The van der Waals surface area contributed by atoms with Crippen molar-refractivity contribution in [2.45, 2.75) is 47.1 Å². The van der Waals surface area contributed by atoms with Crippen molar-refractivity contribution < 1.29 is 17.9 Å². The molecule has 0 N–H and O–H groups in total. The van der Waals surface area contributed by atoms with Gasteiger partial charge >= 0.3 is 6.18 Å². The first-order chi connectivity index (χ1) is 21.5. The van der Waals surface area contributed by atoms with Gasteiger partial charge in [-0.3, -0.25) is 0 Å². The van der Waals surface area contributed by atoms with Gasteiger partial charge in [-0.05, 0) is 23.8 Å². The third-order valence-corrected chi connectivity index (χ3v) is 9.54. The number of ether oxygens (including phenoxy) is 1. The van der Waals surface area contributed by atoms with Crippen molar-refractivity contribution in [3.63, 3.8) is 0 Å². The molecule has 4 heterocycles. The van der Waals surface area contributed by atoms with Crippen LogP contribution in [0.2, 0.25) is 10.2 Å². The number of nitrogens with zero attached hydrogens (tertiary/aromatic N) is 8. The Hall–Kier alpha value is -3.90. The lowest BCUT2D eigenvalue weighted by Gasteiger charge is -2.54. The Morgan fingerprint density at radius 2 is 1.57 bits per heavy atom. The summed E-state index contributed by atoms with van der Waals surface area (Å²) in [5.41, 5.74) is 2.09. The van der Waals surface area contributed by atoms with Crippen molar-refractivity contribution in [1.29, 1.82) is 0 Å². The number of hydrogen-bond donors (Lipinski definition) is 0. The molecule has 5 aromatic rings. The van der Waals surface area contributed by atoms with Crippen LogP contribution in [0.5, 0.6) is 5.88 Å². The van der Waals surface area contributed by atoms with Gasteiger partial charge in [0.05, 0.1) is 78.0 Å². The van der Waals surface area contributed by atoms with Crippen LogP contribution in [0.3, 0.4) is 0 Å². The van der Waals surface area contributed by atoms with Crippen LogP contribution in [-0.2, 0) is 18.2 Å². The number of rotatable bonds is 9. The Kier molecular flexibility index (Phi) is 7.75. The third kappa shape index (κ3) is 5.55. The molecule has 19 heteroatoms. The second-order valence-corrected chi connectivity index (χ2v) is 14.3. The number of benzene rings is 1. The molecular weight excluding hydrogens is 585 g/mol. The maximum Gasteiger partial charge on any atom is 0.434 e. The molecule has 0 spiro atoms. The average Bonchev–Trinajstić information content (AvgIpc) is 3.61. The summed E-state index contributed by atoms with van der Waals surface area (Å²) in [6.07, 6.45) is 3.63. The van der Waals surface area contributed by atoms with Crippen LogP contribution >= 0.6 is 0 Å². The number of fused-ring (bicyclic) bond motifs is 1. The molecule has 0 atom stereocenters. The first-order valence-corrected chi connectivity index (χ1v) is 15.4. The highest BCUT2D eigenvalue weighted by molar-refractivity contribution is 6.68. The molecule has 0 saturated heterocycles. The maximum atomic E-state index is 14.0. The molecule has 9 nitrogen and oxygen atoms in total. The lowest BCUT2D eigenvalue weighted by Crippen LogP contribution is -2.57. The van der Waals surface area contributed by atoms with Gasteiger partial charge in [0.15, 0.2) is 17.2 Å². The topological polar surface area (TPSA) is 96.4 Å². The van der Waals surface area contributed by atoms with Gasteiger partial charge in [-0.2, -0.15) is 18.3 Å². The Morgan fingerprint density at radius 1 is 0.891 bits per heavy atom. The number of imidazole rings is 1. The molecule has 0 amide bonds. The SMILES string of the molecule is BC(B)(B)C(B)(n1cc(C(F)(F)F)nc1-c1ccc(Cn2ncc3cnc(-c4c(OC)ncnc4C4CC4)nc32)cc1)C(B)(B)B. The fourth-order valence-electron chi connectivity index (χ4n) is 6.36. The smallest absolute Gasteiger partial charge is 0.434 e. The number of aromatic nitrogens is 8. The zero-order valence-electron chi connectivity index (χ0n) is 27.4. The number of hydrogen-bond acceptors (Lipinski definition) is 7. The molecule has 1 saturated carbocycles. The third-order valence-electron chi connectivity index (χ3n) is 9.54. The van der Waals surface area contributed by atoms with E-state index in [-0.39, 0.29) is 16.1 Å². The molecule has 228 valence electrons. The van der Waals surface area contributed by atoms with Crippen molar-refractivity contribution in [2.75, 3.05) is 7.11 Å². The minimum atomic E-state index is -4.58. The predicted molar refractivity (Wildman–Crippen MR) is 190 cm³/mol. The van der Waals surface area contributed by atoms with E-state index in [1.165, 1.54) is 6.33 Å². The van der Waals surface area contributed by atoms with E-state index in [9.17, 15) is 13.2 Å². The van der Waals surface area contributed by atoms with Crippen molar-refractivity contribution in [2.24, 2.45) is 0 Å². The molecule has 1 aromatic carbocycles. The molecule has 0 unspecified atom stereocenters. The average molecular weight is 617 g/mol. The van der Waals surface area contributed by atoms with Gasteiger partial charge in [-0.15, -0.1) is 0 Å². The van der Waals surface area contributed by atoms with Gasteiger partial charge in [0, 0.05) is 23.9 Å². The summed E-state index contributed by atoms with van der Waals surface area (Å²) >= 11 is 0. The highest BCUT2D eigenvalue weighted by atomic mass is 19.4. The van der Waals surface area contributed by atoms with E-state index >= 15 is 0 Å². The van der Waals surface area contributed by atoms with Crippen LogP contribution in [0.25, 0.3) is 33.8 Å². The summed E-state index contributed by atoms with van der Waals surface area (Å²) in [6.45, 7) is 0.391. The van der Waals surface area contributed by atoms with E-state index in [4.69, 9.17) is 9.72 Å². The first-order valence-electron chi connectivity index (χ1n) is 15.4. The monoisotopic (exact) mass is 618 g/mol. The van der Waals surface area contributed by atoms with Crippen molar-refractivity contribution in [3.8, 4) is 28.7 Å². The molecule has 0 aliphatic heterocycles. The van der Waals surface area contributed by atoms with E-state index in [1.807, 2.05) is 32.1 Å². The van der Waals surface area contributed by atoms with Gasteiger partial charge in [0.1, 0.15) is 25.6 Å². The quantitative estimate of drug-likeness (QED) is 0.183. The number of methoxy groups -OCH3 is 1. The summed E-state index contributed by atoms with van der Waals surface area (Å²) < 4.78 is 51.1. The normalized spacial score (nSPS) is 14.5. The molecule has 0 radical (unpaired) electrons. The zero-order valence-corrected chi connectivity index (χ0v) is 27.4. The van der Waals surface area contributed by atoms with E-state index in [2.05, 4.69) is 72.1 Å². The van der Waals surface area contributed by atoms with E-state index < -0.39 is 17.3 Å². The molecule has 46 heavy (non-hydrogen) atoms. The largest absolute Gasteiger partial charge is 0.480 e. The number of alkyl halides is 3. The Bertz CT molecular complexity index is 1900. The van der Waals surface area contributed by atoms with Gasteiger partial charge in [0.2, 0.25) is 5.88 Å². The van der Waals surface area contributed by atoms with Crippen LogP contribution in [0, 0.1) is 0 Å². The Balaban J connectivity index is 1.36. The highest BCUT2D eigenvalue weighted by Crippen LogP contribution is 2.49. The fourth-order valence-corrected chi connectivity index (χ4v) is 6.36. The Morgan fingerprint density at radius 3 is 2.15 bits per heavy atom. The summed E-state index contributed by atoms with van der Waals surface area (Å²) in [7, 11) is 15.9. The van der Waals surface area contributed by atoms with Crippen molar-refractivity contribution in [3.05, 3.63) is 66.1 Å². The van der Waals surface area contributed by atoms with Crippen LogP contribution in [0.4, 0.5) is 13.2 Å². The first kappa shape index (κ1) is 32.1. The standard InChI is InChI=1S/C27H32B7F3N8O/c1-46-23-18(19(14-6-7-14)39-12-40-23)20-38-8-16-9-41-45(22(16)43-20)10-13-2-4-15(5-3-13)21-42-17(24(35,36)37)11-44(21)25(28,26(29,30)31)27(32,33)34/h2-5,8-9,11-12,14H,6-7,10,28-34H2,1H3. The van der Waals surface area contributed by atoms with Crippen molar-refractivity contribution in [1.82, 2.24) is 39.3 Å². The van der Waals surface area contributed by atoms with E-state index in [0.29, 0.717) is 40.9 Å². The van der Waals surface area contributed by atoms with Gasteiger partial charge in [-0.25, -0.2) is 29.6 Å².